The minimum absolute atomic E-state index is 0.0338. The Kier molecular flexibility index (Phi) is 2.99. The maximum Gasteiger partial charge on any atom is 0.368 e. The summed E-state index contributed by atoms with van der Waals surface area (Å²) in [6.45, 7) is 0. The molecule has 0 saturated heterocycles. The third-order valence-electron chi connectivity index (χ3n) is 3.87. The number of nitrogens with zero attached hydrogens (tertiary/aromatic N) is 2. The van der Waals surface area contributed by atoms with E-state index in [-0.39, 0.29) is 27.8 Å². The Labute approximate surface area is 135 Å². The van der Waals surface area contributed by atoms with E-state index in [9.17, 15) is 14.4 Å². The standard InChI is InChI=1S/C15H10ClN3O4/c16-12-10(11(17-18-12)7-5-6-7)15(22)23-19-13(20)8-3-1-2-4-9(8)14(19)21/h1-4,7H,5-6H2,(H,17,18). The maximum absolute atomic E-state index is 12.4. The Morgan fingerprint density at radius 1 is 1.22 bits per heavy atom. The Hall–Kier alpha value is -2.67. The van der Waals surface area contributed by atoms with E-state index in [0.29, 0.717) is 10.8 Å². The summed E-state index contributed by atoms with van der Waals surface area (Å²) in [7, 11) is 0. The van der Waals surface area contributed by atoms with Crippen LogP contribution in [0.1, 0.15) is 55.5 Å². The molecule has 1 N–H and O–H groups in total. The zero-order valence-electron chi connectivity index (χ0n) is 11.7. The number of aromatic amines is 1. The molecule has 116 valence electrons. The average molecular weight is 332 g/mol. The van der Waals surface area contributed by atoms with Crippen molar-refractivity contribution < 1.29 is 19.2 Å². The van der Waals surface area contributed by atoms with E-state index in [2.05, 4.69) is 10.2 Å². The van der Waals surface area contributed by atoms with Gasteiger partial charge in [-0.15, -0.1) is 0 Å². The van der Waals surface area contributed by atoms with Crippen molar-refractivity contribution in [2.45, 2.75) is 18.8 Å². The van der Waals surface area contributed by atoms with Crippen LogP contribution in [0.15, 0.2) is 24.3 Å². The highest BCUT2D eigenvalue weighted by Crippen LogP contribution is 2.42. The van der Waals surface area contributed by atoms with E-state index in [4.69, 9.17) is 16.4 Å². The van der Waals surface area contributed by atoms with Gasteiger partial charge in [0.1, 0.15) is 5.56 Å². The second-order valence-corrected chi connectivity index (χ2v) is 5.76. The topological polar surface area (TPSA) is 92.4 Å². The summed E-state index contributed by atoms with van der Waals surface area (Å²) in [6, 6.07) is 6.27. The number of aromatic nitrogens is 2. The molecule has 0 unspecified atom stereocenters. The highest BCUT2D eigenvalue weighted by atomic mass is 35.5. The molecule has 2 aliphatic rings. The minimum atomic E-state index is -0.875. The van der Waals surface area contributed by atoms with Crippen LogP contribution >= 0.6 is 11.6 Å². The number of benzene rings is 1. The van der Waals surface area contributed by atoms with Crippen LogP contribution in [0.25, 0.3) is 0 Å². The summed E-state index contributed by atoms with van der Waals surface area (Å²) in [6.07, 6.45) is 1.84. The van der Waals surface area contributed by atoms with Crippen LogP contribution in [-0.4, -0.2) is 33.0 Å². The van der Waals surface area contributed by atoms with Gasteiger partial charge >= 0.3 is 5.97 Å². The van der Waals surface area contributed by atoms with Gasteiger partial charge in [-0.2, -0.15) is 5.10 Å². The van der Waals surface area contributed by atoms with Gasteiger partial charge < -0.3 is 4.84 Å². The van der Waals surface area contributed by atoms with Gasteiger partial charge in [-0.25, -0.2) is 4.79 Å². The number of amides is 2. The smallest absolute Gasteiger partial charge is 0.324 e. The van der Waals surface area contributed by atoms with E-state index >= 15 is 0 Å². The average Bonchev–Trinajstić information content (AvgIpc) is 3.28. The lowest BCUT2D eigenvalue weighted by atomic mass is 10.1. The molecule has 1 aliphatic carbocycles. The summed E-state index contributed by atoms with van der Waals surface area (Å²) in [5.41, 5.74) is 1.05. The number of carbonyl (C=O) groups excluding carboxylic acids is 3. The Bertz CT molecular complexity index is 821. The first-order valence-electron chi connectivity index (χ1n) is 7.02. The molecule has 1 fully saturated rings. The fraction of sp³-hybridized carbons (Fsp3) is 0.200. The van der Waals surface area contributed by atoms with Gasteiger partial charge in [0.05, 0.1) is 16.8 Å². The Morgan fingerprint density at radius 3 is 2.39 bits per heavy atom. The van der Waals surface area contributed by atoms with E-state index in [1.807, 2.05) is 0 Å². The number of hydroxylamine groups is 2. The number of nitrogens with one attached hydrogen (secondary N) is 1. The SMILES string of the molecule is O=C(ON1C(=O)c2ccccc2C1=O)c1c(Cl)n[nH]c1C1CC1. The third-order valence-corrected chi connectivity index (χ3v) is 4.14. The summed E-state index contributed by atoms with van der Waals surface area (Å²) in [5.74, 6) is -2.04. The molecule has 23 heavy (non-hydrogen) atoms. The van der Waals surface area contributed by atoms with Crippen molar-refractivity contribution in [2.24, 2.45) is 0 Å². The number of halogens is 1. The molecule has 7 nitrogen and oxygen atoms in total. The normalized spacial score (nSPS) is 16.7. The minimum Gasteiger partial charge on any atom is -0.324 e. The van der Waals surface area contributed by atoms with Gasteiger partial charge in [-0.1, -0.05) is 28.8 Å². The van der Waals surface area contributed by atoms with Crippen molar-refractivity contribution in [3.05, 3.63) is 51.8 Å². The molecule has 0 spiro atoms. The molecule has 1 aliphatic heterocycles. The molecule has 0 atom stereocenters. The molecular weight excluding hydrogens is 322 g/mol. The van der Waals surface area contributed by atoms with Crippen molar-refractivity contribution in [1.29, 1.82) is 0 Å². The van der Waals surface area contributed by atoms with E-state index < -0.39 is 17.8 Å². The van der Waals surface area contributed by atoms with Crippen LogP contribution in [0.2, 0.25) is 5.15 Å². The van der Waals surface area contributed by atoms with Crippen LogP contribution in [0.3, 0.4) is 0 Å². The van der Waals surface area contributed by atoms with E-state index in [0.717, 1.165) is 12.8 Å². The van der Waals surface area contributed by atoms with Crippen LogP contribution in [0.4, 0.5) is 0 Å². The molecule has 2 aromatic rings. The second kappa shape index (κ2) is 4.92. The predicted octanol–water partition coefficient (Wildman–Crippen LogP) is 2.31. The lowest BCUT2D eigenvalue weighted by molar-refractivity contribution is -0.0585. The molecule has 2 heterocycles. The molecule has 0 radical (unpaired) electrons. The number of fused-ring (bicyclic) bond motifs is 1. The van der Waals surface area contributed by atoms with Crippen LogP contribution in [0, 0.1) is 0 Å². The summed E-state index contributed by atoms with van der Waals surface area (Å²) in [4.78, 5) is 41.8. The number of carbonyl (C=O) groups is 3. The first-order valence-corrected chi connectivity index (χ1v) is 7.39. The molecule has 2 amide bonds. The number of hydrogen-bond acceptors (Lipinski definition) is 5. The van der Waals surface area contributed by atoms with Crippen molar-refractivity contribution in [2.75, 3.05) is 0 Å². The van der Waals surface area contributed by atoms with Gasteiger partial charge in [0.25, 0.3) is 11.8 Å². The summed E-state index contributed by atoms with van der Waals surface area (Å²) >= 11 is 5.93. The first kappa shape index (κ1) is 14.0. The van der Waals surface area contributed by atoms with Gasteiger partial charge in [0, 0.05) is 5.92 Å². The zero-order chi connectivity index (χ0) is 16.1. The molecule has 1 saturated carbocycles. The van der Waals surface area contributed by atoms with E-state index in [1.54, 1.807) is 12.1 Å². The van der Waals surface area contributed by atoms with Crippen LogP contribution in [0.5, 0.6) is 0 Å². The fourth-order valence-corrected chi connectivity index (χ4v) is 2.79. The molecule has 8 heteroatoms. The summed E-state index contributed by atoms with van der Waals surface area (Å²) in [5, 5.41) is 6.94. The molecule has 4 rings (SSSR count). The first-order chi connectivity index (χ1) is 11.1. The number of imide groups is 1. The summed E-state index contributed by atoms with van der Waals surface area (Å²) < 4.78 is 0. The zero-order valence-corrected chi connectivity index (χ0v) is 12.5. The highest BCUT2D eigenvalue weighted by Gasteiger charge is 2.40. The fourth-order valence-electron chi connectivity index (χ4n) is 2.57. The largest absolute Gasteiger partial charge is 0.368 e. The highest BCUT2D eigenvalue weighted by molar-refractivity contribution is 6.32. The number of rotatable bonds is 3. The second-order valence-electron chi connectivity index (χ2n) is 5.41. The maximum atomic E-state index is 12.4. The molecular formula is C15H10ClN3O4. The molecule has 0 bridgehead atoms. The van der Waals surface area contributed by atoms with Gasteiger partial charge in [-0.05, 0) is 25.0 Å². The van der Waals surface area contributed by atoms with Crippen molar-refractivity contribution in [3.8, 4) is 0 Å². The monoisotopic (exact) mass is 331 g/mol. The number of H-pyrrole nitrogens is 1. The van der Waals surface area contributed by atoms with E-state index in [1.165, 1.54) is 12.1 Å². The number of hydrogen-bond donors (Lipinski definition) is 1. The van der Waals surface area contributed by atoms with Crippen LogP contribution in [-0.2, 0) is 4.84 Å². The van der Waals surface area contributed by atoms with Crippen LogP contribution < -0.4 is 0 Å². The predicted molar refractivity (Wildman–Crippen MR) is 77.9 cm³/mol. The molecule has 1 aromatic carbocycles. The van der Waals surface area contributed by atoms with Crippen molar-refractivity contribution in [1.82, 2.24) is 15.3 Å². The van der Waals surface area contributed by atoms with Gasteiger partial charge in [0.2, 0.25) is 0 Å². The van der Waals surface area contributed by atoms with Crippen molar-refractivity contribution in [3.63, 3.8) is 0 Å². The van der Waals surface area contributed by atoms with Crippen molar-refractivity contribution >= 4 is 29.4 Å². The lowest BCUT2D eigenvalue weighted by Gasteiger charge is -2.12. The molecule has 1 aromatic heterocycles. The Balaban J connectivity index is 1.62. The third kappa shape index (κ3) is 2.12. The van der Waals surface area contributed by atoms with Gasteiger partial charge in [-0.3, -0.25) is 14.7 Å². The lowest BCUT2D eigenvalue weighted by Crippen LogP contribution is -2.32. The quantitative estimate of drug-likeness (QED) is 0.871. The Morgan fingerprint density at radius 2 is 1.83 bits per heavy atom. The van der Waals surface area contributed by atoms with Gasteiger partial charge in [0.15, 0.2) is 5.15 Å².